The third-order valence-corrected chi connectivity index (χ3v) is 10.1. The zero-order chi connectivity index (χ0) is 21.8. The Morgan fingerprint density at radius 2 is 1.68 bits per heavy atom. The number of hydrogen-bond acceptors (Lipinski definition) is 4. The fourth-order valence-corrected chi connectivity index (χ4v) is 3.67. The fraction of sp³-hybridized carbons (Fsp3) is 0.650. The summed E-state index contributed by atoms with van der Waals surface area (Å²) in [5.74, 6) is 0. The van der Waals surface area contributed by atoms with E-state index < -0.39 is 31.1 Å². The van der Waals surface area contributed by atoms with Gasteiger partial charge in [-0.1, -0.05) is 32.9 Å². The van der Waals surface area contributed by atoms with Gasteiger partial charge in [-0.25, -0.2) is 9.00 Å². The molecule has 0 saturated heterocycles. The van der Waals surface area contributed by atoms with Gasteiger partial charge in [0.1, 0.15) is 5.60 Å². The van der Waals surface area contributed by atoms with Crippen LogP contribution in [0, 0.1) is 0 Å². The molecule has 0 aromatic heterocycles. The molecule has 1 rings (SSSR count). The molecular weight excluding hydrogens is 394 g/mol. The summed E-state index contributed by atoms with van der Waals surface area (Å²) in [7, 11) is -1.89. The van der Waals surface area contributed by atoms with E-state index in [4.69, 9.17) is 9.16 Å². The molecule has 0 aliphatic heterocycles. The first kappa shape index (κ1) is 24.8. The van der Waals surface area contributed by atoms with Crippen molar-refractivity contribution < 1.29 is 22.7 Å². The number of amides is 1. The summed E-state index contributed by atoms with van der Waals surface area (Å²) in [6.07, 6.45) is 0.0764. The Bertz CT molecular complexity index is 677. The van der Waals surface area contributed by atoms with Crippen molar-refractivity contribution in [3.05, 3.63) is 29.8 Å². The van der Waals surface area contributed by atoms with Gasteiger partial charge in [-0.05, 0) is 63.0 Å². The van der Waals surface area contributed by atoms with Crippen molar-refractivity contribution in [1.29, 1.82) is 0 Å². The monoisotopic (exact) mass is 429 g/mol. The quantitative estimate of drug-likeness (QED) is 0.457. The van der Waals surface area contributed by atoms with Crippen molar-refractivity contribution in [2.75, 3.05) is 6.61 Å². The number of carbonyl (C=O) groups excluding carboxylic acids is 1. The number of hydrogen-bond donors (Lipinski definition) is 2. The molecule has 0 bridgehead atoms. The average Bonchev–Trinajstić information content (AvgIpc) is 2.51. The Kier molecular flexibility index (Phi) is 8.43. The summed E-state index contributed by atoms with van der Waals surface area (Å²) in [6.45, 7) is 16.9. The van der Waals surface area contributed by atoms with E-state index in [2.05, 4.69) is 39.2 Å². The molecule has 2 atom stereocenters. The van der Waals surface area contributed by atoms with Crippen LogP contribution in [0.4, 0.5) is 4.79 Å². The van der Waals surface area contributed by atoms with Crippen molar-refractivity contribution in [1.82, 2.24) is 5.32 Å². The normalized spacial score (nSPS) is 15.0. The van der Waals surface area contributed by atoms with Gasteiger partial charge in [0, 0.05) is 6.61 Å². The van der Waals surface area contributed by atoms with Crippen LogP contribution in [0.1, 0.15) is 59.6 Å². The van der Waals surface area contributed by atoms with Crippen LogP contribution < -0.4 is 5.32 Å². The highest BCUT2D eigenvalue weighted by atomic mass is 32.2. The zero-order valence-corrected chi connectivity index (χ0v) is 20.1. The predicted octanol–water partition coefficient (Wildman–Crippen LogP) is 5.24. The molecule has 0 radical (unpaired) electrons. The smallest absolute Gasteiger partial charge is 0.408 e. The lowest BCUT2D eigenvalue weighted by atomic mass is 10.0. The molecule has 2 N–H and O–H groups in total. The number of alkyl carbamates (subject to hydrolysis) is 1. The first-order valence-corrected chi connectivity index (χ1v) is 13.5. The summed E-state index contributed by atoms with van der Waals surface area (Å²) >= 11 is -2.03. The third-order valence-electron chi connectivity index (χ3n) is 4.85. The summed E-state index contributed by atoms with van der Waals surface area (Å²) in [5, 5.41) is 3.00. The van der Waals surface area contributed by atoms with Gasteiger partial charge in [0.25, 0.3) is 0 Å². The van der Waals surface area contributed by atoms with E-state index in [0.717, 1.165) is 5.56 Å². The van der Waals surface area contributed by atoms with Gasteiger partial charge in [0.2, 0.25) is 0 Å². The van der Waals surface area contributed by atoms with Crippen LogP contribution in [-0.4, -0.2) is 35.4 Å². The second-order valence-electron chi connectivity index (χ2n) is 9.41. The number of rotatable bonds is 7. The molecule has 0 heterocycles. The summed E-state index contributed by atoms with van der Waals surface area (Å²) in [6, 6.07) is 6.35. The van der Waals surface area contributed by atoms with E-state index in [1.54, 1.807) is 24.3 Å². The Hall–Kier alpha value is -1.22. The molecule has 0 aliphatic rings. The molecule has 160 valence electrons. The molecule has 0 saturated carbocycles. The van der Waals surface area contributed by atoms with Crippen molar-refractivity contribution in [3.8, 4) is 0 Å². The highest BCUT2D eigenvalue weighted by molar-refractivity contribution is 7.79. The molecule has 0 spiro atoms. The zero-order valence-electron chi connectivity index (χ0n) is 18.3. The van der Waals surface area contributed by atoms with E-state index in [0.29, 0.717) is 17.9 Å². The molecule has 1 aromatic carbocycles. The molecule has 1 aromatic rings. The Morgan fingerprint density at radius 3 is 2.11 bits per heavy atom. The highest BCUT2D eigenvalue weighted by Gasteiger charge is 2.37. The van der Waals surface area contributed by atoms with E-state index in [-0.39, 0.29) is 11.1 Å². The topological polar surface area (TPSA) is 84.9 Å². The van der Waals surface area contributed by atoms with Gasteiger partial charge in [0.15, 0.2) is 19.4 Å². The molecular formula is C20H35NO5SSi. The number of nitrogens with one attached hydrogen (secondary N) is 1. The van der Waals surface area contributed by atoms with Crippen LogP contribution in [0.2, 0.25) is 18.1 Å². The van der Waals surface area contributed by atoms with Crippen LogP contribution in [0.15, 0.2) is 29.2 Å². The van der Waals surface area contributed by atoms with E-state index in [9.17, 15) is 13.6 Å². The maximum absolute atomic E-state index is 12.3. The second kappa shape index (κ2) is 9.52. The lowest BCUT2D eigenvalue weighted by Gasteiger charge is -2.36. The van der Waals surface area contributed by atoms with Gasteiger partial charge in [-0.2, -0.15) is 0 Å². The first-order chi connectivity index (χ1) is 12.6. The van der Waals surface area contributed by atoms with Crippen LogP contribution in [0.25, 0.3) is 0 Å². The van der Waals surface area contributed by atoms with Crippen LogP contribution in [0.5, 0.6) is 0 Å². The summed E-state index contributed by atoms with van der Waals surface area (Å²) in [4.78, 5) is 12.6. The standard InChI is InChI=1S/C20H35NO5SSi/c1-19(2,3)26-18(22)21-17(13-14-25-28(7,8)20(4,5)6)15-9-11-16(12-10-15)27(23)24/h9-12,17H,13-14H2,1-8H3,(H,21,22)(H,23,24). The molecule has 1 amide bonds. The SMILES string of the molecule is CC(C)(C)OC(=O)NC(CCO[Si](C)(C)C(C)(C)C)c1ccc(S(=O)O)cc1. The van der Waals surface area contributed by atoms with E-state index in [1.807, 2.05) is 20.8 Å². The van der Waals surface area contributed by atoms with Crippen LogP contribution in [-0.2, 0) is 20.2 Å². The lowest BCUT2D eigenvalue weighted by molar-refractivity contribution is 0.0496. The minimum Gasteiger partial charge on any atom is -0.444 e. The molecule has 0 aliphatic carbocycles. The molecule has 2 unspecified atom stereocenters. The van der Waals surface area contributed by atoms with Gasteiger partial charge >= 0.3 is 6.09 Å². The van der Waals surface area contributed by atoms with Crippen molar-refractivity contribution in [2.24, 2.45) is 0 Å². The Morgan fingerprint density at radius 1 is 1.14 bits per heavy atom. The Balaban J connectivity index is 2.92. The number of benzene rings is 1. The van der Waals surface area contributed by atoms with Crippen molar-refractivity contribution in [2.45, 2.75) is 82.6 Å². The summed E-state index contributed by atoms with van der Waals surface area (Å²) in [5.41, 5.74) is 0.239. The molecule has 28 heavy (non-hydrogen) atoms. The van der Waals surface area contributed by atoms with Gasteiger partial charge < -0.3 is 19.0 Å². The minimum absolute atomic E-state index is 0.105. The second-order valence-corrected chi connectivity index (χ2v) is 15.2. The molecule has 6 nitrogen and oxygen atoms in total. The predicted molar refractivity (Wildman–Crippen MR) is 115 cm³/mol. The number of ether oxygens (including phenoxy) is 1. The highest BCUT2D eigenvalue weighted by Crippen LogP contribution is 2.36. The lowest BCUT2D eigenvalue weighted by Crippen LogP contribution is -2.41. The maximum Gasteiger partial charge on any atom is 0.408 e. The summed E-state index contributed by atoms with van der Waals surface area (Å²) < 4.78 is 32.0. The number of carbonyl (C=O) groups is 1. The Labute approximate surface area is 172 Å². The maximum atomic E-state index is 12.3. The molecule has 0 fully saturated rings. The van der Waals surface area contributed by atoms with Gasteiger partial charge in [0.05, 0.1) is 10.9 Å². The van der Waals surface area contributed by atoms with Gasteiger partial charge in [-0.15, -0.1) is 0 Å². The molecule has 8 heteroatoms. The van der Waals surface area contributed by atoms with Crippen molar-refractivity contribution in [3.63, 3.8) is 0 Å². The third kappa shape index (κ3) is 8.03. The van der Waals surface area contributed by atoms with E-state index >= 15 is 0 Å². The minimum atomic E-state index is -2.03. The van der Waals surface area contributed by atoms with Crippen molar-refractivity contribution >= 4 is 25.5 Å². The van der Waals surface area contributed by atoms with Crippen LogP contribution in [0.3, 0.4) is 0 Å². The van der Waals surface area contributed by atoms with Gasteiger partial charge in [-0.3, -0.25) is 0 Å². The largest absolute Gasteiger partial charge is 0.444 e. The van der Waals surface area contributed by atoms with E-state index in [1.165, 1.54) is 0 Å². The average molecular weight is 430 g/mol. The first-order valence-electron chi connectivity index (χ1n) is 9.47. The van der Waals surface area contributed by atoms with Crippen LogP contribution >= 0.6 is 0 Å². The fourth-order valence-electron chi connectivity index (χ4n) is 2.24.